The van der Waals surface area contributed by atoms with Crippen molar-refractivity contribution in [3.63, 3.8) is 0 Å². The topological polar surface area (TPSA) is 48.4 Å². The first-order chi connectivity index (χ1) is 8.52. The quantitative estimate of drug-likeness (QED) is 0.799. The van der Waals surface area contributed by atoms with E-state index in [9.17, 15) is 5.11 Å². The molecule has 0 saturated carbocycles. The van der Waals surface area contributed by atoms with E-state index in [4.69, 9.17) is 11.6 Å². The smallest absolute Gasteiger partial charge is 0.126 e. The van der Waals surface area contributed by atoms with E-state index in [2.05, 4.69) is 17.2 Å². The Morgan fingerprint density at radius 3 is 2.83 bits per heavy atom. The van der Waals surface area contributed by atoms with E-state index in [-0.39, 0.29) is 6.10 Å². The zero-order valence-electron chi connectivity index (χ0n) is 11.3. The summed E-state index contributed by atoms with van der Waals surface area (Å²) in [5.41, 5.74) is 0.834. The van der Waals surface area contributed by atoms with Crippen LogP contribution < -0.4 is 5.32 Å². The summed E-state index contributed by atoms with van der Waals surface area (Å²) in [5, 5.41) is 13.2. The summed E-state index contributed by atoms with van der Waals surface area (Å²) in [4.78, 5) is 6.49. The van der Waals surface area contributed by atoms with E-state index < -0.39 is 0 Å². The number of hydrogen-bond donors (Lipinski definition) is 2. The Morgan fingerprint density at radius 2 is 2.22 bits per heavy atom. The SMILES string of the molecule is CCCNc1ccc(Cl)c(CN(C)CC(C)O)n1. The van der Waals surface area contributed by atoms with Crippen LogP contribution in [-0.2, 0) is 6.54 Å². The van der Waals surface area contributed by atoms with Gasteiger partial charge in [0.1, 0.15) is 5.82 Å². The average Bonchev–Trinajstić information content (AvgIpc) is 2.29. The number of pyridine rings is 1. The molecule has 2 N–H and O–H groups in total. The van der Waals surface area contributed by atoms with Crippen molar-refractivity contribution in [1.82, 2.24) is 9.88 Å². The molecule has 0 saturated heterocycles. The lowest BCUT2D eigenvalue weighted by Gasteiger charge is -2.18. The molecule has 0 aromatic carbocycles. The van der Waals surface area contributed by atoms with Crippen LogP contribution in [0.1, 0.15) is 26.0 Å². The molecule has 18 heavy (non-hydrogen) atoms. The van der Waals surface area contributed by atoms with E-state index in [1.165, 1.54) is 0 Å². The van der Waals surface area contributed by atoms with Crippen molar-refractivity contribution in [2.24, 2.45) is 0 Å². The van der Waals surface area contributed by atoms with Crippen LogP contribution in [0.2, 0.25) is 5.02 Å². The number of nitrogens with zero attached hydrogens (tertiary/aromatic N) is 2. The van der Waals surface area contributed by atoms with Crippen molar-refractivity contribution in [2.75, 3.05) is 25.5 Å². The maximum Gasteiger partial charge on any atom is 0.126 e. The number of nitrogens with one attached hydrogen (secondary N) is 1. The first-order valence-corrected chi connectivity index (χ1v) is 6.66. The third-order valence-corrected chi connectivity index (χ3v) is 2.81. The van der Waals surface area contributed by atoms with Crippen molar-refractivity contribution in [2.45, 2.75) is 32.9 Å². The van der Waals surface area contributed by atoms with Crippen molar-refractivity contribution in [3.8, 4) is 0 Å². The summed E-state index contributed by atoms with van der Waals surface area (Å²) in [7, 11) is 1.94. The lowest BCUT2D eigenvalue weighted by Crippen LogP contribution is -2.27. The van der Waals surface area contributed by atoms with Crippen LogP contribution >= 0.6 is 11.6 Å². The minimum absolute atomic E-state index is 0.352. The van der Waals surface area contributed by atoms with Gasteiger partial charge in [-0.25, -0.2) is 4.98 Å². The van der Waals surface area contributed by atoms with E-state index in [0.29, 0.717) is 18.1 Å². The number of aliphatic hydroxyl groups excluding tert-OH is 1. The van der Waals surface area contributed by atoms with Crippen LogP contribution in [0.4, 0.5) is 5.82 Å². The number of rotatable bonds is 7. The van der Waals surface area contributed by atoms with Gasteiger partial charge in [0.2, 0.25) is 0 Å². The summed E-state index contributed by atoms with van der Waals surface area (Å²) in [6.45, 7) is 6.01. The highest BCUT2D eigenvalue weighted by Gasteiger charge is 2.09. The number of likely N-dealkylation sites (N-methyl/N-ethyl adjacent to an activating group) is 1. The molecule has 1 atom stereocenters. The second kappa shape index (κ2) is 7.56. The average molecular weight is 272 g/mol. The normalized spacial score (nSPS) is 12.8. The molecule has 0 bridgehead atoms. The maximum atomic E-state index is 9.33. The predicted molar refractivity (Wildman–Crippen MR) is 76.0 cm³/mol. The van der Waals surface area contributed by atoms with Crippen LogP contribution in [0.15, 0.2) is 12.1 Å². The van der Waals surface area contributed by atoms with Crippen LogP contribution in [0.5, 0.6) is 0 Å². The first-order valence-electron chi connectivity index (χ1n) is 6.28. The molecule has 4 nitrogen and oxygen atoms in total. The standard InChI is InChI=1S/C13H22ClN3O/c1-4-7-15-13-6-5-11(14)12(16-13)9-17(3)8-10(2)18/h5-6,10,18H,4,7-9H2,1-3H3,(H,15,16). The Balaban J connectivity index is 2.68. The molecule has 102 valence electrons. The van der Waals surface area contributed by atoms with Gasteiger partial charge in [-0.2, -0.15) is 0 Å². The zero-order valence-corrected chi connectivity index (χ0v) is 12.0. The Morgan fingerprint density at radius 1 is 1.50 bits per heavy atom. The van der Waals surface area contributed by atoms with Crippen molar-refractivity contribution >= 4 is 17.4 Å². The molecule has 1 unspecified atom stereocenters. The molecule has 0 aliphatic carbocycles. The molecular weight excluding hydrogens is 250 g/mol. The summed E-state index contributed by atoms with van der Waals surface area (Å²) in [6, 6.07) is 3.74. The van der Waals surface area contributed by atoms with Crippen molar-refractivity contribution in [3.05, 3.63) is 22.8 Å². The van der Waals surface area contributed by atoms with E-state index in [1.54, 1.807) is 6.92 Å². The molecule has 1 heterocycles. The monoisotopic (exact) mass is 271 g/mol. The van der Waals surface area contributed by atoms with Gasteiger partial charge in [-0.15, -0.1) is 0 Å². The molecule has 5 heteroatoms. The molecule has 0 fully saturated rings. The Bertz CT molecular complexity index is 371. The number of aromatic nitrogens is 1. The second-order valence-corrected chi connectivity index (χ2v) is 5.00. The summed E-state index contributed by atoms with van der Waals surface area (Å²) in [6.07, 6.45) is 0.705. The van der Waals surface area contributed by atoms with Crippen LogP contribution in [0, 0.1) is 0 Å². The Hall–Kier alpha value is -0.840. The highest BCUT2D eigenvalue weighted by molar-refractivity contribution is 6.31. The van der Waals surface area contributed by atoms with Crippen molar-refractivity contribution < 1.29 is 5.11 Å². The van der Waals surface area contributed by atoms with Gasteiger partial charge in [0.25, 0.3) is 0 Å². The summed E-state index contributed by atoms with van der Waals surface area (Å²) < 4.78 is 0. The van der Waals surface area contributed by atoms with Gasteiger partial charge < -0.3 is 10.4 Å². The van der Waals surface area contributed by atoms with Crippen LogP contribution in [0.25, 0.3) is 0 Å². The molecular formula is C13H22ClN3O. The molecule has 1 aromatic heterocycles. The van der Waals surface area contributed by atoms with Gasteiger partial charge in [-0.1, -0.05) is 18.5 Å². The highest BCUT2D eigenvalue weighted by atomic mass is 35.5. The highest BCUT2D eigenvalue weighted by Crippen LogP contribution is 2.18. The zero-order chi connectivity index (χ0) is 13.5. The minimum Gasteiger partial charge on any atom is -0.392 e. The third-order valence-electron chi connectivity index (χ3n) is 2.47. The number of aliphatic hydroxyl groups is 1. The Labute approximate surface area is 114 Å². The van der Waals surface area contributed by atoms with E-state index in [0.717, 1.165) is 24.5 Å². The lowest BCUT2D eigenvalue weighted by atomic mass is 10.3. The van der Waals surface area contributed by atoms with Crippen molar-refractivity contribution in [1.29, 1.82) is 0 Å². The molecule has 0 aliphatic heterocycles. The molecule has 0 aliphatic rings. The van der Waals surface area contributed by atoms with Crippen LogP contribution in [-0.4, -0.2) is 41.2 Å². The fraction of sp³-hybridized carbons (Fsp3) is 0.615. The first kappa shape index (κ1) is 15.2. The molecule has 0 spiro atoms. The molecule has 1 rings (SSSR count). The van der Waals surface area contributed by atoms with Gasteiger partial charge in [0.05, 0.1) is 16.8 Å². The van der Waals surface area contributed by atoms with Gasteiger partial charge in [0, 0.05) is 19.6 Å². The lowest BCUT2D eigenvalue weighted by molar-refractivity contribution is 0.138. The second-order valence-electron chi connectivity index (χ2n) is 4.60. The molecule has 0 amide bonds. The predicted octanol–water partition coefficient (Wildman–Crippen LogP) is 2.37. The Kier molecular flexibility index (Phi) is 6.39. The fourth-order valence-electron chi connectivity index (χ4n) is 1.72. The van der Waals surface area contributed by atoms with Gasteiger partial charge in [-0.05, 0) is 32.5 Å². The fourth-order valence-corrected chi connectivity index (χ4v) is 1.88. The minimum atomic E-state index is -0.352. The maximum absolute atomic E-state index is 9.33. The van der Waals surface area contributed by atoms with Crippen LogP contribution in [0.3, 0.4) is 0 Å². The summed E-state index contributed by atoms with van der Waals surface area (Å²) in [5.74, 6) is 0.849. The largest absolute Gasteiger partial charge is 0.392 e. The van der Waals surface area contributed by atoms with E-state index >= 15 is 0 Å². The number of hydrogen-bond acceptors (Lipinski definition) is 4. The van der Waals surface area contributed by atoms with Gasteiger partial charge >= 0.3 is 0 Å². The number of anilines is 1. The van der Waals surface area contributed by atoms with Gasteiger partial charge in [0.15, 0.2) is 0 Å². The number of halogens is 1. The third kappa shape index (κ3) is 5.21. The van der Waals surface area contributed by atoms with Gasteiger partial charge in [-0.3, -0.25) is 4.90 Å². The molecule has 1 aromatic rings. The summed E-state index contributed by atoms with van der Waals surface area (Å²) >= 11 is 6.13. The van der Waals surface area contributed by atoms with E-state index in [1.807, 2.05) is 24.1 Å². The molecule has 0 radical (unpaired) electrons.